The molecule has 2 aromatic rings. The zero-order chi connectivity index (χ0) is 20.0. The lowest BCUT2D eigenvalue weighted by atomic mass is 9.99. The highest BCUT2D eigenvalue weighted by molar-refractivity contribution is 5.91. The van der Waals surface area contributed by atoms with Crippen LogP contribution in [0.2, 0.25) is 0 Å². The highest BCUT2D eigenvalue weighted by Crippen LogP contribution is 2.24. The Kier molecular flexibility index (Phi) is 6.35. The Labute approximate surface area is 160 Å². The molecule has 1 aliphatic heterocycles. The molecule has 0 spiro atoms. The van der Waals surface area contributed by atoms with Crippen molar-refractivity contribution >= 4 is 5.91 Å². The van der Waals surface area contributed by atoms with Gasteiger partial charge in [0, 0.05) is 26.2 Å². The summed E-state index contributed by atoms with van der Waals surface area (Å²) in [6, 6.07) is 5.97. The van der Waals surface area contributed by atoms with Gasteiger partial charge in [-0.25, -0.2) is 4.98 Å². The normalized spacial score (nSPS) is 15.2. The largest absolute Gasteiger partial charge is 0.573 e. The van der Waals surface area contributed by atoms with Gasteiger partial charge in [0.1, 0.15) is 11.4 Å². The van der Waals surface area contributed by atoms with E-state index in [1.54, 1.807) is 12.1 Å². The molecule has 1 aliphatic rings. The second-order valence-electron chi connectivity index (χ2n) is 6.50. The van der Waals surface area contributed by atoms with Gasteiger partial charge in [-0.15, -0.1) is 13.2 Å². The van der Waals surface area contributed by atoms with Crippen LogP contribution in [0.4, 0.5) is 13.2 Å². The number of aromatic amines is 1. The zero-order valence-electron chi connectivity index (χ0n) is 15.1. The Morgan fingerprint density at radius 3 is 2.68 bits per heavy atom. The van der Waals surface area contributed by atoms with E-state index in [2.05, 4.69) is 31.0 Å². The fraction of sp³-hybridized carbons (Fsp3) is 0.368. The minimum Gasteiger partial charge on any atom is -0.406 e. The molecule has 0 unspecified atom stereocenters. The first kappa shape index (κ1) is 19.9. The van der Waals surface area contributed by atoms with Gasteiger partial charge in [-0.2, -0.15) is 0 Å². The monoisotopic (exact) mass is 394 g/mol. The van der Waals surface area contributed by atoms with Crippen LogP contribution in [0, 0.1) is 0 Å². The van der Waals surface area contributed by atoms with Gasteiger partial charge in [0.25, 0.3) is 5.91 Å². The highest BCUT2D eigenvalue weighted by Gasteiger charge is 2.30. The summed E-state index contributed by atoms with van der Waals surface area (Å²) >= 11 is 0. The van der Waals surface area contributed by atoms with Crippen molar-refractivity contribution < 1.29 is 22.7 Å². The minimum atomic E-state index is -4.67. The lowest BCUT2D eigenvalue weighted by Crippen LogP contribution is -2.37. The Hall–Kier alpha value is -2.81. The molecule has 0 fully saturated rings. The Morgan fingerprint density at radius 2 is 2.07 bits per heavy atom. The number of hydrogen-bond donors (Lipinski definition) is 2. The molecule has 0 saturated heterocycles. The maximum absolute atomic E-state index is 12.2. The van der Waals surface area contributed by atoms with E-state index in [1.807, 2.05) is 0 Å². The van der Waals surface area contributed by atoms with E-state index in [-0.39, 0.29) is 11.7 Å². The van der Waals surface area contributed by atoms with E-state index in [9.17, 15) is 18.0 Å². The predicted octanol–water partition coefficient (Wildman–Crippen LogP) is 2.91. The van der Waals surface area contributed by atoms with E-state index < -0.39 is 6.36 Å². The van der Waals surface area contributed by atoms with Gasteiger partial charge in [-0.1, -0.05) is 23.8 Å². The molecule has 2 N–H and O–H groups in total. The van der Waals surface area contributed by atoms with Crippen molar-refractivity contribution in [3.05, 3.63) is 59.7 Å². The van der Waals surface area contributed by atoms with Crippen LogP contribution in [0.25, 0.3) is 0 Å². The lowest BCUT2D eigenvalue weighted by Gasteiger charge is -2.26. The number of nitrogens with one attached hydrogen (secondary N) is 2. The van der Waals surface area contributed by atoms with Crippen molar-refractivity contribution in [2.45, 2.75) is 19.2 Å². The first-order valence-electron chi connectivity index (χ1n) is 8.90. The molecule has 0 aliphatic carbocycles. The van der Waals surface area contributed by atoms with Crippen LogP contribution in [-0.2, 0) is 6.42 Å². The Bertz CT molecular complexity index is 802. The summed E-state index contributed by atoms with van der Waals surface area (Å²) in [6.07, 6.45) is 2.00. The number of H-pyrrole nitrogens is 1. The van der Waals surface area contributed by atoms with Crippen LogP contribution < -0.4 is 10.1 Å². The van der Waals surface area contributed by atoms with E-state index in [0.717, 1.165) is 31.6 Å². The van der Waals surface area contributed by atoms with Crippen LogP contribution in [0.1, 0.15) is 22.5 Å². The summed E-state index contributed by atoms with van der Waals surface area (Å²) in [4.78, 5) is 20.6. The molecule has 28 heavy (non-hydrogen) atoms. The van der Waals surface area contributed by atoms with Crippen LogP contribution in [0.5, 0.6) is 5.75 Å². The van der Waals surface area contributed by atoms with Gasteiger partial charge < -0.3 is 15.0 Å². The molecule has 3 rings (SSSR count). The van der Waals surface area contributed by atoms with Crippen molar-refractivity contribution in [1.29, 1.82) is 0 Å². The van der Waals surface area contributed by atoms with Gasteiger partial charge in [0.15, 0.2) is 0 Å². The van der Waals surface area contributed by atoms with Crippen molar-refractivity contribution in [2.75, 3.05) is 26.2 Å². The van der Waals surface area contributed by atoms with Gasteiger partial charge >= 0.3 is 6.36 Å². The molecule has 1 aromatic heterocycles. The first-order chi connectivity index (χ1) is 13.4. The number of benzene rings is 1. The molecule has 1 aromatic carbocycles. The Balaban J connectivity index is 1.40. The van der Waals surface area contributed by atoms with Crippen LogP contribution in [0.15, 0.2) is 48.4 Å². The summed E-state index contributed by atoms with van der Waals surface area (Å²) in [5.74, 6) is -0.388. The first-order valence-corrected chi connectivity index (χ1v) is 8.90. The average Bonchev–Trinajstić information content (AvgIpc) is 3.18. The number of rotatable bonds is 7. The molecule has 150 valence electrons. The maximum Gasteiger partial charge on any atom is 0.573 e. The topological polar surface area (TPSA) is 70.2 Å². The van der Waals surface area contributed by atoms with E-state index in [0.29, 0.717) is 18.7 Å². The average molecular weight is 394 g/mol. The third-order valence-corrected chi connectivity index (χ3v) is 4.43. The summed E-state index contributed by atoms with van der Waals surface area (Å²) < 4.78 is 40.5. The van der Waals surface area contributed by atoms with Crippen LogP contribution >= 0.6 is 0 Å². The van der Waals surface area contributed by atoms with Crippen LogP contribution in [-0.4, -0.2) is 53.3 Å². The molecule has 0 bridgehead atoms. The molecule has 2 heterocycles. The summed E-state index contributed by atoms with van der Waals surface area (Å²) in [6.45, 7) is 2.94. The molecule has 9 heteroatoms. The van der Waals surface area contributed by atoms with Gasteiger partial charge in [-0.05, 0) is 30.5 Å². The highest BCUT2D eigenvalue weighted by atomic mass is 19.4. The number of carbonyl (C=O) groups is 1. The van der Waals surface area contributed by atoms with Crippen molar-refractivity contribution in [3.63, 3.8) is 0 Å². The summed E-state index contributed by atoms with van der Waals surface area (Å²) in [5, 5.41) is 2.84. The van der Waals surface area contributed by atoms with Gasteiger partial charge in [0.2, 0.25) is 0 Å². The number of aromatic nitrogens is 2. The quantitative estimate of drug-likeness (QED) is 0.709. The van der Waals surface area contributed by atoms with E-state index in [4.69, 9.17) is 0 Å². The molecule has 0 atom stereocenters. The number of hydrogen-bond acceptors (Lipinski definition) is 4. The van der Waals surface area contributed by atoms with Crippen molar-refractivity contribution in [1.82, 2.24) is 20.2 Å². The molecule has 1 amide bonds. The SMILES string of the molecule is O=C(NCCN1CC=C(Cc2ccc(OC(F)(F)F)cc2)CC1)c1cnc[nH]1. The Morgan fingerprint density at radius 1 is 1.29 bits per heavy atom. The van der Waals surface area contributed by atoms with Gasteiger partial charge in [-0.3, -0.25) is 9.69 Å². The molecular formula is C19H21F3N4O2. The second kappa shape index (κ2) is 8.92. The molecule has 6 nitrogen and oxygen atoms in total. The predicted molar refractivity (Wildman–Crippen MR) is 96.9 cm³/mol. The standard InChI is InChI=1S/C19H21F3N4O2/c20-19(21,22)28-16-3-1-14(2-4-16)11-15-5-8-26(9-6-15)10-7-24-18(27)17-12-23-13-25-17/h1-5,12-13H,6-11H2,(H,23,25)(H,24,27). The third kappa shape index (κ3) is 6.12. The third-order valence-electron chi connectivity index (χ3n) is 4.43. The van der Waals surface area contributed by atoms with Crippen molar-refractivity contribution in [3.8, 4) is 5.75 Å². The van der Waals surface area contributed by atoms with Crippen LogP contribution in [0.3, 0.4) is 0 Å². The zero-order valence-corrected chi connectivity index (χ0v) is 15.1. The van der Waals surface area contributed by atoms with Crippen molar-refractivity contribution in [2.24, 2.45) is 0 Å². The molecule has 0 saturated carbocycles. The smallest absolute Gasteiger partial charge is 0.406 e. The maximum atomic E-state index is 12.2. The molecular weight excluding hydrogens is 373 g/mol. The molecule has 0 radical (unpaired) electrons. The number of ether oxygens (including phenoxy) is 1. The fourth-order valence-electron chi connectivity index (χ4n) is 2.99. The summed E-state index contributed by atoms with van der Waals surface area (Å²) in [5.41, 5.74) is 2.63. The number of amides is 1. The summed E-state index contributed by atoms with van der Waals surface area (Å²) in [7, 11) is 0. The number of imidazole rings is 1. The number of halogens is 3. The number of alkyl halides is 3. The fourth-order valence-corrected chi connectivity index (χ4v) is 2.99. The van der Waals surface area contributed by atoms with E-state index in [1.165, 1.54) is 30.2 Å². The minimum absolute atomic E-state index is 0.177. The van der Waals surface area contributed by atoms with E-state index >= 15 is 0 Å². The van der Waals surface area contributed by atoms with Gasteiger partial charge in [0.05, 0.1) is 12.5 Å². The second-order valence-corrected chi connectivity index (χ2v) is 6.50. The number of nitrogens with zero attached hydrogens (tertiary/aromatic N) is 2. The lowest BCUT2D eigenvalue weighted by molar-refractivity contribution is -0.274. The number of carbonyl (C=O) groups excluding carboxylic acids is 1.